The number of pyridine rings is 1. The summed E-state index contributed by atoms with van der Waals surface area (Å²) in [5, 5.41) is 0. The summed E-state index contributed by atoms with van der Waals surface area (Å²) < 4.78 is 37.1. The molecule has 0 aliphatic carbocycles. The number of hydrogen-bond donors (Lipinski definition) is 1. The maximum Gasteiger partial charge on any atom is 0.416 e. The molecule has 0 aliphatic rings. The van der Waals surface area contributed by atoms with E-state index in [0.717, 1.165) is 23.3 Å². The van der Waals surface area contributed by atoms with Gasteiger partial charge in [-0.3, -0.25) is 4.79 Å². The van der Waals surface area contributed by atoms with Crippen LogP contribution < -0.4 is 5.56 Å². The third-order valence-electron chi connectivity index (χ3n) is 2.54. The third-order valence-corrected chi connectivity index (χ3v) is 2.54. The topological polar surface area (TPSA) is 32.9 Å². The predicted octanol–water partition coefficient (Wildman–Crippen LogP) is 2.98. The first-order valence-electron chi connectivity index (χ1n) is 5.29. The maximum absolute atomic E-state index is 12.4. The Bertz CT molecular complexity index is 564. The van der Waals surface area contributed by atoms with Gasteiger partial charge in [-0.25, -0.2) is 0 Å². The Morgan fingerprint density at radius 2 is 1.56 bits per heavy atom. The average molecular weight is 253 g/mol. The number of alkyl halides is 3. The van der Waals surface area contributed by atoms with E-state index in [1.165, 1.54) is 18.2 Å². The Morgan fingerprint density at radius 1 is 0.944 bits per heavy atom. The number of aromatic amines is 1. The lowest BCUT2D eigenvalue weighted by molar-refractivity contribution is -0.137. The van der Waals surface area contributed by atoms with Crippen LogP contribution in [0.4, 0.5) is 13.2 Å². The first kappa shape index (κ1) is 12.4. The van der Waals surface area contributed by atoms with E-state index in [9.17, 15) is 18.0 Å². The van der Waals surface area contributed by atoms with E-state index in [1.807, 2.05) is 0 Å². The lowest BCUT2D eigenvalue weighted by Crippen LogP contribution is -2.05. The second kappa shape index (κ2) is 4.68. The Balaban J connectivity index is 2.16. The minimum absolute atomic E-state index is 0.203. The molecule has 0 saturated heterocycles. The molecular formula is C13H10F3NO. The van der Waals surface area contributed by atoms with Crippen molar-refractivity contribution >= 4 is 0 Å². The van der Waals surface area contributed by atoms with Gasteiger partial charge >= 0.3 is 6.18 Å². The highest BCUT2D eigenvalue weighted by molar-refractivity contribution is 5.28. The Morgan fingerprint density at radius 3 is 2.06 bits per heavy atom. The van der Waals surface area contributed by atoms with E-state index >= 15 is 0 Å². The van der Waals surface area contributed by atoms with Crippen LogP contribution in [0.3, 0.4) is 0 Å². The maximum atomic E-state index is 12.4. The van der Waals surface area contributed by atoms with Crippen LogP contribution in [0.2, 0.25) is 0 Å². The van der Waals surface area contributed by atoms with E-state index in [-0.39, 0.29) is 5.56 Å². The summed E-state index contributed by atoms with van der Waals surface area (Å²) in [5.41, 5.74) is 0.739. The summed E-state index contributed by atoms with van der Waals surface area (Å²) in [4.78, 5) is 13.4. The minimum Gasteiger partial charge on any atom is -0.329 e. The second-order valence-corrected chi connectivity index (χ2v) is 3.93. The van der Waals surface area contributed by atoms with Crippen molar-refractivity contribution in [3.8, 4) is 0 Å². The third kappa shape index (κ3) is 3.00. The molecule has 1 N–H and O–H groups in total. The van der Waals surface area contributed by atoms with Gasteiger partial charge < -0.3 is 4.98 Å². The summed E-state index contributed by atoms with van der Waals surface area (Å²) in [7, 11) is 0. The molecule has 0 bridgehead atoms. The first-order valence-corrected chi connectivity index (χ1v) is 5.29. The van der Waals surface area contributed by atoms with E-state index in [2.05, 4.69) is 4.98 Å². The monoisotopic (exact) mass is 253 g/mol. The zero-order valence-corrected chi connectivity index (χ0v) is 9.29. The lowest BCUT2D eigenvalue weighted by Gasteiger charge is -2.07. The van der Waals surface area contributed by atoms with Crippen LogP contribution >= 0.6 is 0 Å². The fourth-order valence-electron chi connectivity index (χ4n) is 1.60. The summed E-state index contributed by atoms with van der Waals surface area (Å²) in [6.45, 7) is 0. The number of benzene rings is 1. The van der Waals surface area contributed by atoms with Crippen LogP contribution in [0.1, 0.15) is 16.7 Å². The van der Waals surface area contributed by atoms with Gasteiger partial charge in [0.15, 0.2) is 0 Å². The Kier molecular flexibility index (Phi) is 3.23. The molecule has 0 fully saturated rings. The molecule has 2 rings (SSSR count). The van der Waals surface area contributed by atoms with E-state index in [0.29, 0.717) is 6.42 Å². The molecule has 5 heteroatoms. The molecule has 2 aromatic rings. The molecular weight excluding hydrogens is 243 g/mol. The number of nitrogens with one attached hydrogen (secondary N) is 1. The molecule has 0 atom stereocenters. The highest BCUT2D eigenvalue weighted by Gasteiger charge is 2.29. The smallest absolute Gasteiger partial charge is 0.329 e. The van der Waals surface area contributed by atoms with Crippen molar-refractivity contribution in [2.75, 3.05) is 0 Å². The van der Waals surface area contributed by atoms with Gasteiger partial charge in [0, 0.05) is 12.3 Å². The largest absolute Gasteiger partial charge is 0.416 e. The molecule has 0 radical (unpaired) electrons. The average Bonchev–Trinajstić information content (AvgIpc) is 2.32. The van der Waals surface area contributed by atoms with Gasteiger partial charge in [-0.15, -0.1) is 0 Å². The van der Waals surface area contributed by atoms with Gasteiger partial charge in [-0.2, -0.15) is 13.2 Å². The van der Waals surface area contributed by atoms with Crippen molar-refractivity contribution in [2.24, 2.45) is 0 Å². The molecule has 1 aromatic heterocycles. The normalized spacial score (nSPS) is 11.5. The fraction of sp³-hybridized carbons (Fsp3) is 0.154. The van der Waals surface area contributed by atoms with Crippen LogP contribution in [0, 0.1) is 0 Å². The minimum atomic E-state index is -4.31. The van der Waals surface area contributed by atoms with E-state index < -0.39 is 11.7 Å². The van der Waals surface area contributed by atoms with Crippen LogP contribution in [0.15, 0.2) is 47.4 Å². The zero-order chi connectivity index (χ0) is 13.2. The lowest BCUT2D eigenvalue weighted by atomic mass is 10.0. The summed E-state index contributed by atoms with van der Waals surface area (Å²) in [6, 6.07) is 8.03. The van der Waals surface area contributed by atoms with Crippen molar-refractivity contribution in [1.82, 2.24) is 4.98 Å². The molecule has 0 unspecified atom stereocenters. The molecule has 1 heterocycles. The van der Waals surface area contributed by atoms with Crippen molar-refractivity contribution < 1.29 is 13.2 Å². The van der Waals surface area contributed by atoms with Crippen molar-refractivity contribution in [3.63, 3.8) is 0 Å². The summed E-state index contributed by atoms with van der Waals surface area (Å²) in [6.07, 6.45) is -2.27. The Labute approximate surface area is 101 Å². The summed E-state index contributed by atoms with van der Waals surface area (Å²) in [5.74, 6) is 0. The number of hydrogen-bond acceptors (Lipinski definition) is 1. The number of aromatic nitrogens is 1. The van der Waals surface area contributed by atoms with Crippen molar-refractivity contribution in [2.45, 2.75) is 12.6 Å². The molecule has 0 aliphatic heterocycles. The van der Waals surface area contributed by atoms with E-state index in [1.54, 1.807) is 12.3 Å². The quantitative estimate of drug-likeness (QED) is 0.876. The van der Waals surface area contributed by atoms with Gasteiger partial charge in [-0.05, 0) is 29.7 Å². The molecule has 2 nitrogen and oxygen atoms in total. The molecule has 18 heavy (non-hydrogen) atoms. The van der Waals surface area contributed by atoms with Gasteiger partial charge in [0.05, 0.1) is 5.56 Å². The molecule has 0 saturated carbocycles. The van der Waals surface area contributed by atoms with E-state index in [4.69, 9.17) is 0 Å². The molecule has 1 aromatic carbocycles. The molecule has 94 valence electrons. The Hall–Kier alpha value is -2.04. The standard InChI is InChI=1S/C13H10F3NO/c14-13(15,16)11-4-1-9(2-5-11)7-10-3-6-12(18)17-8-10/h1-6,8H,7H2,(H,17,18). The van der Waals surface area contributed by atoms with Crippen molar-refractivity contribution in [1.29, 1.82) is 0 Å². The predicted molar refractivity (Wildman–Crippen MR) is 61.3 cm³/mol. The molecule has 0 amide bonds. The van der Waals surface area contributed by atoms with Gasteiger partial charge in [0.25, 0.3) is 0 Å². The highest BCUT2D eigenvalue weighted by Crippen LogP contribution is 2.29. The van der Waals surface area contributed by atoms with Crippen LogP contribution in [-0.4, -0.2) is 4.98 Å². The number of H-pyrrole nitrogens is 1. The highest BCUT2D eigenvalue weighted by atomic mass is 19.4. The second-order valence-electron chi connectivity index (χ2n) is 3.93. The SMILES string of the molecule is O=c1ccc(Cc2ccc(C(F)(F)F)cc2)c[nH]1. The number of halogens is 3. The van der Waals surface area contributed by atoms with Crippen LogP contribution in [0.25, 0.3) is 0 Å². The van der Waals surface area contributed by atoms with Gasteiger partial charge in [0.2, 0.25) is 5.56 Å². The first-order chi connectivity index (χ1) is 8.45. The fourth-order valence-corrected chi connectivity index (χ4v) is 1.60. The van der Waals surface area contributed by atoms with Gasteiger partial charge in [0.1, 0.15) is 0 Å². The van der Waals surface area contributed by atoms with Crippen LogP contribution in [-0.2, 0) is 12.6 Å². The summed E-state index contributed by atoms with van der Waals surface area (Å²) >= 11 is 0. The van der Waals surface area contributed by atoms with Gasteiger partial charge in [-0.1, -0.05) is 18.2 Å². The molecule has 0 spiro atoms. The zero-order valence-electron chi connectivity index (χ0n) is 9.29. The van der Waals surface area contributed by atoms with Crippen molar-refractivity contribution in [3.05, 3.63) is 69.6 Å². The number of rotatable bonds is 2. The van der Waals surface area contributed by atoms with Crippen LogP contribution in [0.5, 0.6) is 0 Å².